The summed E-state index contributed by atoms with van der Waals surface area (Å²) in [6.45, 7) is 8.75. The van der Waals surface area contributed by atoms with Gasteiger partial charge < -0.3 is 15.5 Å². The Kier molecular flexibility index (Phi) is 5.35. The molecule has 2 N–H and O–H groups in total. The van der Waals surface area contributed by atoms with Crippen LogP contribution in [0.25, 0.3) is 0 Å². The SMILES string of the molecule is Cc1cccc(C)c1CCN=C(N)N1CCN(c2nccs2)CC1. The van der Waals surface area contributed by atoms with Gasteiger partial charge in [-0.1, -0.05) is 18.2 Å². The highest BCUT2D eigenvalue weighted by Gasteiger charge is 2.19. The van der Waals surface area contributed by atoms with Crippen molar-refractivity contribution in [3.8, 4) is 0 Å². The van der Waals surface area contributed by atoms with E-state index in [0.717, 1.165) is 44.3 Å². The van der Waals surface area contributed by atoms with Gasteiger partial charge >= 0.3 is 0 Å². The first-order valence-electron chi connectivity index (χ1n) is 8.39. The van der Waals surface area contributed by atoms with Crippen LogP contribution in [0.1, 0.15) is 16.7 Å². The molecule has 1 aliphatic rings. The smallest absolute Gasteiger partial charge is 0.191 e. The van der Waals surface area contributed by atoms with Gasteiger partial charge in [0.25, 0.3) is 0 Å². The van der Waals surface area contributed by atoms with Gasteiger partial charge in [-0.25, -0.2) is 4.98 Å². The van der Waals surface area contributed by atoms with E-state index in [-0.39, 0.29) is 0 Å². The molecule has 0 spiro atoms. The van der Waals surface area contributed by atoms with Crippen LogP contribution in [0.15, 0.2) is 34.8 Å². The Hall–Kier alpha value is -2.08. The lowest BCUT2D eigenvalue weighted by Gasteiger charge is -2.35. The average molecular weight is 344 g/mol. The minimum Gasteiger partial charge on any atom is -0.370 e. The van der Waals surface area contributed by atoms with Crippen LogP contribution in [-0.2, 0) is 6.42 Å². The van der Waals surface area contributed by atoms with E-state index >= 15 is 0 Å². The summed E-state index contributed by atoms with van der Waals surface area (Å²) in [7, 11) is 0. The van der Waals surface area contributed by atoms with Crippen LogP contribution in [0.2, 0.25) is 0 Å². The number of benzene rings is 1. The van der Waals surface area contributed by atoms with Crippen molar-refractivity contribution < 1.29 is 0 Å². The summed E-state index contributed by atoms with van der Waals surface area (Å²) in [6, 6.07) is 6.42. The molecule has 1 saturated heterocycles. The lowest BCUT2D eigenvalue weighted by Crippen LogP contribution is -2.51. The zero-order valence-corrected chi connectivity index (χ0v) is 15.2. The second-order valence-electron chi connectivity index (χ2n) is 6.15. The Morgan fingerprint density at radius 1 is 1.21 bits per heavy atom. The molecular weight excluding hydrogens is 318 g/mol. The molecule has 3 rings (SSSR count). The van der Waals surface area contributed by atoms with Gasteiger partial charge in [0.05, 0.1) is 0 Å². The number of hydrogen-bond donors (Lipinski definition) is 1. The Balaban J connectivity index is 1.52. The van der Waals surface area contributed by atoms with Gasteiger partial charge in [-0.15, -0.1) is 11.3 Å². The number of rotatable bonds is 4. The topological polar surface area (TPSA) is 57.8 Å². The van der Waals surface area contributed by atoms with Crippen LogP contribution < -0.4 is 10.6 Å². The lowest BCUT2D eigenvalue weighted by molar-refractivity contribution is 0.380. The molecule has 5 nitrogen and oxygen atoms in total. The second kappa shape index (κ2) is 7.66. The molecule has 2 heterocycles. The van der Waals surface area contributed by atoms with Gasteiger partial charge in [0.2, 0.25) is 0 Å². The van der Waals surface area contributed by atoms with Gasteiger partial charge in [-0.3, -0.25) is 4.99 Å². The van der Waals surface area contributed by atoms with Crippen molar-refractivity contribution in [2.24, 2.45) is 10.7 Å². The summed E-state index contributed by atoms with van der Waals surface area (Å²) in [5.41, 5.74) is 10.3. The molecule has 0 unspecified atom stereocenters. The number of aliphatic imine (C=N–C) groups is 1. The highest BCUT2D eigenvalue weighted by atomic mass is 32.1. The van der Waals surface area contributed by atoms with Crippen molar-refractivity contribution >= 4 is 22.4 Å². The first kappa shape index (κ1) is 16.8. The zero-order chi connectivity index (χ0) is 16.9. The molecule has 0 bridgehead atoms. The summed E-state index contributed by atoms with van der Waals surface area (Å²) in [5.74, 6) is 0.667. The number of piperazine rings is 1. The van der Waals surface area contributed by atoms with E-state index in [2.05, 4.69) is 51.8 Å². The number of thiazole rings is 1. The third-order valence-electron chi connectivity index (χ3n) is 4.57. The molecule has 1 aromatic carbocycles. The maximum atomic E-state index is 6.20. The Morgan fingerprint density at radius 3 is 2.54 bits per heavy atom. The molecular formula is C18H25N5S. The molecule has 128 valence electrons. The maximum absolute atomic E-state index is 6.20. The molecule has 6 heteroatoms. The fourth-order valence-corrected chi connectivity index (χ4v) is 3.82. The van der Waals surface area contributed by atoms with Crippen LogP contribution in [0, 0.1) is 13.8 Å². The van der Waals surface area contributed by atoms with Gasteiger partial charge in [0.1, 0.15) is 0 Å². The van der Waals surface area contributed by atoms with Gasteiger partial charge in [0, 0.05) is 44.3 Å². The van der Waals surface area contributed by atoms with Crippen LogP contribution in [-0.4, -0.2) is 48.6 Å². The number of nitrogens with zero attached hydrogens (tertiary/aromatic N) is 4. The Morgan fingerprint density at radius 2 is 1.92 bits per heavy atom. The molecule has 2 aromatic rings. The number of guanidine groups is 1. The van der Waals surface area contributed by atoms with E-state index < -0.39 is 0 Å². The molecule has 0 radical (unpaired) electrons. The summed E-state index contributed by atoms with van der Waals surface area (Å²) >= 11 is 1.69. The number of nitrogens with two attached hydrogens (primary N) is 1. The predicted molar refractivity (Wildman–Crippen MR) is 102 cm³/mol. The van der Waals surface area contributed by atoms with Crippen molar-refractivity contribution in [3.05, 3.63) is 46.5 Å². The van der Waals surface area contributed by atoms with Crippen LogP contribution in [0.5, 0.6) is 0 Å². The summed E-state index contributed by atoms with van der Waals surface area (Å²) in [5, 5.41) is 3.12. The molecule has 0 aliphatic carbocycles. The normalized spacial score (nSPS) is 15.8. The first-order valence-corrected chi connectivity index (χ1v) is 9.27. The average Bonchev–Trinajstić information content (AvgIpc) is 3.12. The highest BCUT2D eigenvalue weighted by molar-refractivity contribution is 7.13. The molecule has 1 fully saturated rings. The van der Waals surface area contributed by atoms with E-state index in [4.69, 9.17) is 5.73 Å². The Bertz CT molecular complexity index is 667. The summed E-state index contributed by atoms with van der Waals surface area (Å²) < 4.78 is 0. The van der Waals surface area contributed by atoms with Gasteiger partial charge in [-0.05, 0) is 37.0 Å². The molecule has 1 aliphatic heterocycles. The standard InChI is InChI=1S/C18H25N5S/c1-14-4-3-5-15(2)16(14)6-7-20-17(19)22-9-11-23(12-10-22)18-21-8-13-24-18/h3-5,8,13H,6-7,9-12H2,1-2H3,(H2,19,20). The maximum Gasteiger partial charge on any atom is 0.191 e. The summed E-state index contributed by atoms with van der Waals surface area (Å²) in [4.78, 5) is 13.5. The number of aryl methyl sites for hydroxylation is 2. The lowest BCUT2D eigenvalue weighted by atomic mass is 10.0. The third-order valence-corrected chi connectivity index (χ3v) is 5.41. The number of hydrogen-bond acceptors (Lipinski definition) is 4. The molecule has 1 aromatic heterocycles. The zero-order valence-electron chi connectivity index (χ0n) is 14.4. The molecule has 24 heavy (non-hydrogen) atoms. The van der Waals surface area contributed by atoms with Crippen molar-refractivity contribution in [2.75, 3.05) is 37.6 Å². The minimum atomic E-state index is 0.667. The second-order valence-corrected chi connectivity index (χ2v) is 7.02. The van der Waals surface area contributed by atoms with Crippen molar-refractivity contribution in [3.63, 3.8) is 0 Å². The monoisotopic (exact) mass is 343 g/mol. The summed E-state index contributed by atoms with van der Waals surface area (Å²) in [6.07, 6.45) is 2.80. The third kappa shape index (κ3) is 3.87. The van der Waals surface area contributed by atoms with Crippen molar-refractivity contribution in [2.45, 2.75) is 20.3 Å². The predicted octanol–water partition coefficient (Wildman–Crippen LogP) is 2.44. The Labute approximate surface area is 147 Å². The van der Waals surface area contributed by atoms with E-state index in [9.17, 15) is 0 Å². The van der Waals surface area contributed by atoms with Gasteiger partial charge in [0.15, 0.2) is 11.1 Å². The molecule has 0 amide bonds. The minimum absolute atomic E-state index is 0.667. The largest absolute Gasteiger partial charge is 0.370 e. The van der Waals surface area contributed by atoms with E-state index in [1.165, 1.54) is 16.7 Å². The van der Waals surface area contributed by atoms with E-state index in [1.807, 2.05) is 11.6 Å². The van der Waals surface area contributed by atoms with Crippen LogP contribution in [0.3, 0.4) is 0 Å². The van der Waals surface area contributed by atoms with E-state index in [1.54, 1.807) is 11.3 Å². The van der Waals surface area contributed by atoms with Crippen molar-refractivity contribution in [1.29, 1.82) is 0 Å². The van der Waals surface area contributed by atoms with Crippen LogP contribution in [0.4, 0.5) is 5.13 Å². The highest BCUT2D eigenvalue weighted by Crippen LogP contribution is 2.19. The van der Waals surface area contributed by atoms with Crippen molar-refractivity contribution in [1.82, 2.24) is 9.88 Å². The number of anilines is 1. The quantitative estimate of drug-likeness (QED) is 0.684. The molecule has 0 atom stereocenters. The number of aromatic nitrogens is 1. The van der Waals surface area contributed by atoms with Gasteiger partial charge in [-0.2, -0.15) is 0 Å². The fraction of sp³-hybridized carbons (Fsp3) is 0.444. The first-order chi connectivity index (χ1) is 11.6. The van der Waals surface area contributed by atoms with Crippen LogP contribution >= 0.6 is 11.3 Å². The van der Waals surface area contributed by atoms with E-state index in [0.29, 0.717) is 5.96 Å². The molecule has 0 saturated carbocycles. The fourth-order valence-electron chi connectivity index (χ4n) is 3.12.